The molecule has 1 N–H and O–H groups in total. The van der Waals surface area contributed by atoms with Gasteiger partial charge in [0, 0.05) is 18.7 Å². The normalized spacial score (nSPS) is 12.0. The van der Waals surface area contributed by atoms with Crippen LogP contribution in [0.25, 0.3) is 0 Å². The molecule has 0 heterocycles. The third kappa shape index (κ3) is 8.00. The van der Waals surface area contributed by atoms with Gasteiger partial charge in [-0.05, 0) is 63.9 Å². The van der Waals surface area contributed by atoms with Crippen molar-refractivity contribution in [3.05, 3.63) is 83.9 Å². The van der Waals surface area contributed by atoms with Gasteiger partial charge in [-0.1, -0.05) is 48.0 Å². The van der Waals surface area contributed by atoms with Crippen molar-refractivity contribution in [3.8, 4) is 11.5 Å². The summed E-state index contributed by atoms with van der Waals surface area (Å²) in [6.07, 6.45) is 0.493. The molecule has 0 bridgehead atoms. The third-order valence-electron chi connectivity index (χ3n) is 6.63. The fourth-order valence-corrected chi connectivity index (χ4v) is 5.73. The van der Waals surface area contributed by atoms with Crippen LogP contribution in [-0.2, 0) is 26.0 Å². The Bertz CT molecular complexity index is 1430. The minimum atomic E-state index is -4.19. The SMILES string of the molecule is COc1ccc(N(CC(=O)N(CCc2ccccc2)C(C)C(=O)NC(C)C)S(=O)(=O)c2ccc(C)cc2)cc1OC. The Labute approximate surface area is 243 Å². The highest BCUT2D eigenvalue weighted by Crippen LogP contribution is 2.34. The third-order valence-corrected chi connectivity index (χ3v) is 8.41. The zero-order valence-corrected chi connectivity index (χ0v) is 25.3. The lowest BCUT2D eigenvalue weighted by Crippen LogP contribution is -2.53. The number of aryl methyl sites for hydroxylation is 1. The molecule has 0 fully saturated rings. The molecule has 9 nitrogen and oxygen atoms in total. The van der Waals surface area contributed by atoms with E-state index in [1.807, 2.05) is 51.1 Å². The van der Waals surface area contributed by atoms with E-state index in [4.69, 9.17) is 9.47 Å². The quantitative estimate of drug-likeness (QED) is 0.325. The van der Waals surface area contributed by atoms with Gasteiger partial charge < -0.3 is 19.7 Å². The summed E-state index contributed by atoms with van der Waals surface area (Å²) in [5.41, 5.74) is 2.11. The van der Waals surface area contributed by atoms with Gasteiger partial charge in [0.1, 0.15) is 12.6 Å². The molecule has 10 heteroatoms. The number of nitrogens with zero attached hydrogens (tertiary/aromatic N) is 2. The molecule has 3 aromatic rings. The van der Waals surface area contributed by atoms with Crippen LogP contribution in [0.15, 0.2) is 77.7 Å². The van der Waals surface area contributed by atoms with Crippen molar-refractivity contribution in [2.45, 2.75) is 51.1 Å². The van der Waals surface area contributed by atoms with E-state index in [1.54, 1.807) is 31.2 Å². The number of nitrogens with one attached hydrogen (secondary N) is 1. The Morgan fingerprint density at radius 3 is 2.10 bits per heavy atom. The Morgan fingerprint density at radius 2 is 1.51 bits per heavy atom. The smallest absolute Gasteiger partial charge is 0.264 e. The topological polar surface area (TPSA) is 105 Å². The van der Waals surface area contributed by atoms with Gasteiger partial charge in [-0.25, -0.2) is 8.42 Å². The van der Waals surface area contributed by atoms with Crippen LogP contribution in [0.4, 0.5) is 5.69 Å². The standard InChI is InChI=1S/C31H39N3O6S/c1-22(2)32-31(36)24(4)33(19-18-25-10-8-7-9-11-25)30(35)21-34(26-14-17-28(39-5)29(20-26)40-6)41(37,38)27-15-12-23(3)13-16-27/h7-17,20,22,24H,18-19,21H2,1-6H3,(H,32,36). The van der Waals surface area contributed by atoms with E-state index in [1.165, 1.54) is 37.3 Å². The molecule has 0 aliphatic heterocycles. The van der Waals surface area contributed by atoms with Crippen LogP contribution in [0.1, 0.15) is 31.9 Å². The minimum Gasteiger partial charge on any atom is -0.493 e. The number of rotatable bonds is 13. The summed E-state index contributed by atoms with van der Waals surface area (Å²) in [7, 11) is -1.25. The number of methoxy groups -OCH3 is 2. The molecule has 3 aromatic carbocycles. The van der Waals surface area contributed by atoms with Gasteiger partial charge in [0.15, 0.2) is 11.5 Å². The van der Waals surface area contributed by atoms with E-state index in [-0.39, 0.29) is 29.1 Å². The molecule has 0 radical (unpaired) electrons. The largest absolute Gasteiger partial charge is 0.493 e. The van der Waals surface area contributed by atoms with Crippen LogP contribution in [0.2, 0.25) is 0 Å². The lowest BCUT2D eigenvalue weighted by atomic mass is 10.1. The number of hydrogen-bond acceptors (Lipinski definition) is 6. The first kappa shape index (κ1) is 31.5. The Balaban J connectivity index is 2.04. The summed E-state index contributed by atoms with van der Waals surface area (Å²) in [5, 5.41) is 2.86. The second-order valence-electron chi connectivity index (χ2n) is 10.0. The van der Waals surface area contributed by atoms with Crippen LogP contribution in [0.3, 0.4) is 0 Å². The fraction of sp³-hybridized carbons (Fsp3) is 0.355. The molecule has 0 saturated carbocycles. The van der Waals surface area contributed by atoms with Crippen molar-refractivity contribution in [2.24, 2.45) is 0 Å². The predicted octanol–water partition coefficient (Wildman–Crippen LogP) is 4.19. The molecule has 220 valence electrons. The molecule has 0 saturated heterocycles. The van der Waals surface area contributed by atoms with Crippen LogP contribution >= 0.6 is 0 Å². The van der Waals surface area contributed by atoms with Crippen LogP contribution < -0.4 is 19.1 Å². The molecule has 0 spiro atoms. The highest BCUT2D eigenvalue weighted by molar-refractivity contribution is 7.92. The van der Waals surface area contributed by atoms with Gasteiger partial charge in [-0.3, -0.25) is 13.9 Å². The number of sulfonamides is 1. The Morgan fingerprint density at radius 1 is 0.878 bits per heavy atom. The second kappa shape index (κ2) is 14.0. The predicted molar refractivity (Wildman–Crippen MR) is 160 cm³/mol. The van der Waals surface area contributed by atoms with Crippen molar-refractivity contribution < 1.29 is 27.5 Å². The summed E-state index contributed by atoms with van der Waals surface area (Å²) in [5.74, 6) is -0.107. The van der Waals surface area contributed by atoms with E-state index < -0.39 is 28.5 Å². The van der Waals surface area contributed by atoms with Crippen molar-refractivity contribution in [2.75, 3.05) is 31.6 Å². The number of carbonyl (C=O) groups is 2. The van der Waals surface area contributed by atoms with Gasteiger partial charge in [-0.15, -0.1) is 0 Å². The molecule has 0 aliphatic rings. The summed E-state index contributed by atoms with van der Waals surface area (Å²) in [4.78, 5) is 28.4. The number of benzene rings is 3. The molecule has 1 atom stereocenters. The lowest BCUT2D eigenvalue weighted by Gasteiger charge is -2.32. The first-order valence-electron chi connectivity index (χ1n) is 13.4. The van der Waals surface area contributed by atoms with Crippen LogP contribution in [0, 0.1) is 6.92 Å². The summed E-state index contributed by atoms with van der Waals surface area (Å²) >= 11 is 0. The fourth-order valence-electron chi connectivity index (χ4n) is 4.32. The van der Waals surface area contributed by atoms with E-state index in [0.29, 0.717) is 17.9 Å². The number of carbonyl (C=O) groups excluding carboxylic acids is 2. The molecule has 0 aromatic heterocycles. The maximum Gasteiger partial charge on any atom is 0.264 e. The number of anilines is 1. The maximum absolute atomic E-state index is 14.0. The van der Waals surface area contributed by atoms with E-state index in [2.05, 4.69) is 5.32 Å². The highest BCUT2D eigenvalue weighted by Gasteiger charge is 2.33. The number of ether oxygens (including phenoxy) is 2. The molecular weight excluding hydrogens is 542 g/mol. The molecule has 0 aliphatic carbocycles. The first-order valence-corrected chi connectivity index (χ1v) is 14.9. The van der Waals surface area contributed by atoms with Gasteiger partial charge in [0.05, 0.1) is 24.8 Å². The van der Waals surface area contributed by atoms with Crippen molar-refractivity contribution in [1.82, 2.24) is 10.2 Å². The van der Waals surface area contributed by atoms with E-state index >= 15 is 0 Å². The molecule has 3 rings (SSSR count). The Kier molecular flexibility index (Phi) is 10.8. The maximum atomic E-state index is 14.0. The summed E-state index contributed by atoms with van der Waals surface area (Å²) in [6, 6.07) is 19.7. The zero-order valence-electron chi connectivity index (χ0n) is 24.5. The Hall–Kier alpha value is -4.05. The lowest BCUT2D eigenvalue weighted by molar-refractivity contribution is -0.139. The van der Waals surface area contributed by atoms with E-state index in [0.717, 1.165) is 15.4 Å². The van der Waals surface area contributed by atoms with Crippen molar-refractivity contribution >= 4 is 27.5 Å². The zero-order chi connectivity index (χ0) is 30.2. The molecule has 1 unspecified atom stereocenters. The van der Waals surface area contributed by atoms with Gasteiger partial charge in [-0.2, -0.15) is 0 Å². The average Bonchev–Trinajstić information content (AvgIpc) is 2.95. The van der Waals surface area contributed by atoms with Crippen LogP contribution in [-0.4, -0.2) is 64.5 Å². The van der Waals surface area contributed by atoms with Crippen molar-refractivity contribution in [3.63, 3.8) is 0 Å². The minimum absolute atomic E-state index is 0.0344. The first-order chi connectivity index (χ1) is 19.5. The van der Waals surface area contributed by atoms with E-state index in [9.17, 15) is 18.0 Å². The monoisotopic (exact) mass is 581 g/mol. The van der Waals surface area contributed by atoms with Gasteiger partial charge in [0.2, 0.25) is 11.8 Å². The average molecular weight is 582 g/mol. The summed E-state index contributed by atoms with van der Waals surface area (Å²) < 4.78 is 39.8. The molecule has 2 amide bonds. The summed E-state index contributed by atoms with van der Waals surface area (Å²) in [6.45, 7) is 6.89. The molecular formula is C31H39N3O6S. The highest BCUT2D eigenvalue weighted by atomic mass is 32.2. The molecule has 41 heavy (non-hydrogen) atoms. The van der Waals surface area contributed by atoms with Gasteiger partial charge in [0.25, 0.3) is 10.0 Å². The van der Waals surface area contributed by atoms with Crippen LogP contribution in [0.5, 0.6) is 11.5 Å². The number of hydrogen-bond donors (Lipinski definition) is 1. The number of amides is 2. The van der Waals surface area contributed by atoms with Crippen molar-refractivity contribution in [1.29, 1.82) is 0 Å². The second-order valence-corrected chi connectivity index (χ2v) is 11.9. The van der Waals surface area contributed by atoms with Gasteiger partial charge >= 0.3 is 0 Å².